The number of rotatable bonds is 8. The Morgan fingerprint density at radius 2 is 1.30 bits per heavy atom. The van der Waals surface area contributed by atoms with Crippen molar-refractivity contribution in [2.24, 2.45) is 0 Å². The van der Waals surface area contributed by atoms with E-state index >= 15 is 0 Å². The van der Waals surface area contributed by atoms with Crippen LogP contribution in [-0.4, -0.2) is 44.8 Å². The van der Waals surface area contributed by atoms with Crippen LogP contribution in [0.15, 0.2) is 25.0 Å². The lowest BCUT2D eigenvalue weighted by molar-refractivity contribution is -0.129. The van der Waals surface area contributed by atoms with Gasteiger partial charge in [-0.2, -0.15) is 0 Å². The van der Waals surface area contributed by atoms with Crippen molar-refractivity contribution in [3.8, 4) is 0 Å². The average molecular weight is 546 g/mol. The molecule has 0 atom stereocenters. The van der Waals surface area contributed by atoms with Gasteiger partial charge in [0, 0.05) is 49.7 Å². The molecule has 0 aromatic carbocycles. The molecule has 2 rings (SSSR count). The molecule has 0 spiro atoms. The minimum absolute atomic E-state index is 0. The Hall–Kier alpha value is -1.18. The lowest BCUT2D eigenvalue weighted by Crippen LogP contribution is -2.33. The van der Waals surface area contributed by atoms with Gasteiger partial charge in [0.05, 0.1) is 12.7 Å². The summed E-state index contributed by atoms with van der Waals surface area (Å²) >= 11 is 0. The van der Waals surface area contributed by atoms with Gasteiger partial charge in [0.15, 0.2) is 0 Å². The Morgan fingerprint density at radius 1 is 0.870 bits per heavy atom. The lowest BCUT2D eigenvalue weighted by atomic mass is 10.3. The van der Waals surface area contributed by atoms with Gasteiger partial charge < -0.3 is 20.6 Å². The predicted octanol–water partition coefficient (Wildman–Crippen LogP) is 0.776. The molecule has 128 valence electrons. The van der Waals surface area contributed by atoms with Crippen molar-refractivity contribution in [1.82, 2.24) is 30.6 Å². The van der Waals surface area contributed by atoms with Gasteiger partial charge in [0.1, 0.15) is 6.42 Å². The quantitative estimate of drug-likeness (QED) is 0.290. The summed E-state index contributed by atoms with van der Waals surface area (Å²) in [6.07, 6.45) is 7.74. The largest absolute Gasteiger partial charge is 0.355 e. The van der Waals surface area contributed by atoms with Crippen molar-refractivity contribution in [1.29, 1.82) is 0 Å². The van der Waals surface area contributed by atoms with Crippen molar-refractivity contribution in [3.05, 3.63) is 36.4 Å². The van der Waals surface area contributed by atoms with E-state index in [2.05, 4.69) is 30.6 Å². The highest BCUT2D eigenvalue weighted by molar-refractivity contribution is 14.0. The molecule has 0 bridgehead atoms. The summed E-state index contributed by atoms with van der Waals surface area (Å²) < 4.78 is 0. The second-order valence-electron chi connectivity index (χ2n) is 4.53. The van der Waals surface area contributed by atoms with Crippen LogP contribution in [0.25, 0.3) is 0 Å². The first-order valence-electron chi connectivity index (χ1n) is 6.72. The van der Waals surface area contributed by atoms with Gasteiger partial charge >= 0.3 is 0 Å². The third-order valence-electron chi connectivity index (χ3n) is 2.86. The fourth-order valence-electron chi connectivity index (χ4n) is 1.79. The molecule has 0 aliphatic heterocycles. The Balaban J connectivity index is 0.00000242. The Morgan fingerprint density at radius 3 is 1.65 bits per heavy atom. The van der Waals surface area contributed by atoms with Crippen LogP contribution >= 0.6 is 48.0 Å². The lowest BCUT2D eigenvalue weighted by Gasteiger charge is -2.05. The number of aromatic amines is 2. The second kappa shape index (κ2) is 12.3. The fraction of sp³-hybridized carbons (Fsp3) is 0.385. The molecule has 0 unspecified atom stereocenters. The summed E-state index contributed by atoms with van der Waals surface area (Å²) in [4.78, 5) is 36.8. The minimum atomic E-state index is -0.284. The van der Waals surface area contributed by atoms with E-state index in [4.69, 9.17) is 0 Å². The first-order valence-corrected chi connectivity index (χ1v) is 6.72. The number of carbonyl (C=O) groups excluding carboxylic acids is 2. The smallest absolute Gasteiger partial charge is 0.229 e. The molecule has 0 saturated carbocycles. The van der Waals surface area contributed by atoms with Gasteiger partial charge in [-0.05, 0) is 0 Å². The molecule has 0 aliphatic carbocycles. The molecule has 2 amide bonds. The highest BCUT2D eigenvalue weighted by Gasteiger charge is 2.08. The maximum Gasteiger partial charge on any atom is 0.229 e. The monoisotopic (exact) mass is 546 g/mol. The molecule has 2 heterocycles. The van der Waals surface area contributed by atoms with Crippen LogP contribution < -0.4 is 10.6 Å². The summed E-state index contributed by atoms with van der Waals surface area (Å²) in [6, 6.07) is 0. The van der Waals surface area contributed by atoms with Crippen LogP contribution in [0.1, 0.15) is 17.8 Å². The number of H-pyrrole nitrogens is 2. The number of carbonyl (C=O) groups is 2. The van der Waals surface area contributed by atoms with Crippen LogP contribution in [0.2, 0.25) is 0 Å². The molecule has 8 nitrogen and oxygen atoms in total. The fourth-order valence-corrected chi connectivity index (χ4v) is 1.79. The van der Waals surface area contributed by atoms with E-state index in [1.807, 2.05) is 0 Å². The molecule has 0 aliphatic rings. The zero-order chi connectivity index (χ0) is 14.9. The number of hydrogen-bond acceptors (Lipinski definition) is 4. The molecule has 0 fully saturated rings. The molecule has 0 radical (unpaired) electrons. The van der Waals surface area contributed by atoms with Crippen molar-refractivity contribution < 1.29 is 9.59 Å². The summed E-state index contributed by atoms with van der Waals surface area (Å²) in [5, 5.41) is 5.38. The van der Waals surface area contributed by atoms with E-state index in [0.717, 1.165) is 11.4 Å². The number of amides is 2. The van der Waals surface area contributed by atoms with E-state index < -0.39 is 0 Å². The van der Waals surface area contributed by atoms with Gasteiger partial charge in [-0.3, -0.25) is 9.59 Å². The summed E-state index contributed by atoms with van der Waals surface area (Å²) in [5.41, 5.74) is 1.89. The number of hydrogen-bond donors (Lipinski definition) is 4. The topological polar surface area (TPSA) is 116 Å². The first kappa shape index (κ1) is 21.8. The summed E-state index contributed by atoms with van der Waals surface area (Å²) in [7, 11) is 0. The van der Waals surface area contributed by atoms with E-state index in [1.54, 1.807) is 25.0 Å². The standard InChI is InChI=1S/C13H18N6O2.2HI/c20-12(16-3-1-10-6-14-8-18-10)5-13(21)17-4-2-11-7-15-9-19-11;;/h6-9H,1-5H2,(H,14,18)(H,15,19)(H,16,20)(H,17,21);2*1H. The highest BCUT2D eigenvalue weighted by atomic mass is 127. The Bertz CT molecular complexity index is 509. The molecule has 0 saturated heterocycles. The van der Waals surface area contributed by atoms with E-state index in [9.17, 15) is 9.59 Å². The number of nitrogens with zero attached hydrogens (tertiary/aromatic N) is 2. The molecule has 10 heteroatoms. The highest BCUT2D eigenvalue weighted by Crippen LogP contribution is 1.92. The minimum Gasteiger partial charge on any atom is -0.355 e. The first-order chi connectivity index (χ1) is 10.2. The number of aromatic nitrogens is 4. The van der Waals surface area contributed by atoms with Crippen LogP contribution in [0.3, 0.4) is 0 Å². The van der Waals surface area contributed by atoms with Crippen molar-refractivity contribution in [3.63, 3.8) is 0 Å². The summed E-state index contributed by atoms with van der Waals surface area (Å²) in [6.45, 7) is 0.949. The van der Waals surface area contributed by atoms with Gasteiger partial charge in [-0.15, -0.1) is 48.0 Å². The van der Waals surface area contributed by atoms with E-state index in [0.29, 0.717) is 25.9 Å². The third-order valence-corrected chi connectivity index (χ3v) is 2.86. The molecule has 2 aromatic rings. The van der Waals surface area contributed by atoms with Crippen molar-refractivity contribution in [2.75, 3.05) is 13.1 Å². The SMILES string of the molecule is I.I.O=C(CC(=O)NCCc1cnc[nH]1)NCCc1cnc[nH]1. The maximum atomic E-state index is 11.6. The second-order valence-corrected chi connectivity index (χ2v) is 4.53. The Labute approximate surface area is 168 Å². The van der Waals surface area contributed by atoms with E-state index in [-0.39, 0.29) is 66.2 Å². The predicted molar refractivity (Wildman–Crippen MR) is 106 cm³/mol. The number of halogens is 2. The molecule has 4 N–H and O–H groups in total. The van der Waals surface area contributed by atoms with Crippen molar-refractivity contribution in [2.45, 2.75) is 19.3 Å². The van der Waals surface area contributed by atoms with E-state index in [1.165, 1.54) is 0 Å². The van der Waals surface area contributed by atoms with Crippen LogP contribution in [0, 0.1) is 0 Å². The molecule has 23 heavy (non-hydrogen) atoms. The number of imidazole rings is 2. The zero-order valence-electron chi connectivity index (χ0n) is 12.4. The van der Waals surface area contributed by atoms with Crippen LogP contribution in [-0.2, 0) is 22.4 Å². The van der Waals surface area contributed by atoms with Crippen LogP contribution in [0.4, 0.5) is 0 Å². The molecule has 2 aromatic heterocycles. The van der Waals surface area contributed by atoms with Crippen molar-refractivity contribution >= 4 is 59.8 Å². The molecular weight excluding hydrogens is 526 g/mol. The van der Waals surface area contributed by atoms with Gasteiger partial charge in [0.25, 0.3) is 0 Å². The summed E-state index contributed by atoms with van der Waals surface area (Å²) in [5.74, 6) is -0.567. The zero-order valence-corrected chi connectivity index (χ0v) is 17.0. The van der Waals surface area contributed by atoms with Crippen LogP contribution in [0.5, 0.6) is 0 Å². The van der Waals surface area contributed by atoms with Gasteiger partial charge in [-0.25, -0.2) is 9.97 Å². The number of nitrogens with one attached hydrogen (secondary N) is 4. The Kier molecular flexibility index (Phi) is 11.6. The normalized spacial score (nSPS) is 9.39. The van der Waals surface area contributed by atoms with Gasteiger partial charge in [0.2, 0.25) is 11.8 Å². The van der Waals surface area contributed by atoms with Gasteiger partial charge in [-0.1, -0.05) is 0 Å². The molecular formula is C13H20I2N6O2. The maximum absolute atomic E-state index is 11.6. The average Bonchev–Trinajstić information content (AvgIpc) is 3.11. The third kappa shape index (κ3) is 8.88.